The van der Waals surface area contributed by atoms with Gasteiger partial charge in [-0.3, -0.25) is 14.3 Å². The SMILES string of the molecule is CCCCc1ccc(NS(=O)(=O)c2cccc(C(=O)Nc3cccc(C(=O)NC4CC4)c3)c2)cc1. The number of rotatable bonds is 10. The second kappa shape index (κ2) is 10.7. The first-order valence-corrected chi connectivity index (χ1v) is 13.3. The molecule has 0 bridgehead atoms. The maximum absolute atomic E-state index is 12.9. The Bertz CT molecular complexity index is 1320. The standard InChI is InChI=1S/C27H29N3O4S/c1-2-3-6-19-11-13-23(14-12-19)30-35(33,34)25-10-5-8-21(18-25)27(32)29-24-9-4-7-20(17-24)26(31)28-22-15-16-22/h4-5,7-14,17-18,22,30H,2-3,6,15-16H2,1H3,(H,28,31)(H,29,32). The summed E-state index contributed by atoms with van der Waals surface area (Å²) in [7, 11) is -3.88. The third-order valence-electron chi connectivity index (χ3n) is 5.73. The minimum Gasteiger partial charge on any atom is -0.349 e. The molecule has 4 rings (SSSR count). The molecule has 0 atom stereocenters. The van der Waals surface area contributed by atoms with Crippen LogP contribution in [0.2, 0.25) is 0 Å². The maximum atomic E-state index is 12.9. The number of carbonyl (C=O) groups excluding carboxylic acids is 2. The van der Waals surface area contributed by atoms with Crippen molar-refractivity contribution in [3.8, 4) is 0 Å². The Hall–Kier alpha value is -3.65. The largest absolute Gasteiger partial charge is 0.349 e. The maximum Gasteiger partial charge on any atom is 0.261 e. The van der Waals surface area contributed by atoms with Crippen molar-refractivity contribution in [3.63, 3.8) is 0 Å². The first kappa shape index (κ1) is 24.5. The number of amides is 2. The highest BCUT2D eigenvalue weighted by Gasteiger charge is 2.24. The Morgan fingerprint density at radius 1 is 0.857 bits per heavy atom. The molecule has 8 heteroatoms. The number of hydrogen-bond donors (Lipinski definition) is 3. The van der Waals surface area contributed by atoms with E-state index >= 15 is 0 Å². The van der Waals surface area contributed by atoms with E-state index in [9.17, 15) is 18.0 Å². The molecule has 3 N–H and O–H groups in total. The van der Waals surface area contributed by atoms with Crippen molar-refractivity contribution < 1.29 is 18.0 Å². The van der Waals surface area contributed by atoms with E-state index in [1.165, 1.54) is 18.2 Å². The van der Waals surface area contributed by atoms with Crippen molar-refractivity contribution in [3.05, 3.63) is 89.5 Å². The van der Waals surface area contributed by atoms with Crippen LogP contribution < -0.4 is 15.4 Å². The Morgan fingerprint density at radius 2 is 1.54 bits per heavy atom. The Labute approximate surface area is 206 Å². The normalized spacial score (nSPS) is 13.2. The van der Waals surface area contributed by atoms with E-state index in [1.54, 1.807) is 42.5 Å². The fourth-order valence-corrected chi connectivity index (χ4v) is 4.68. The molecule has 0 radical (unpaired) electrons. The van der Waals surface area contributed by atoms with Gasteiger partial charge in [0.05, 0.1) is 4.90 Å². The van der Waals surface area contributed by atoms with Crippen molar-refractivity contribution in [1.82, 2.24) is 5.32 Å². The van der Waals surface area contributed by atoms with Gasteiger partial charge in [0, 0.05) is 28.5 Å². The van der Waals surface area contributed by atoms with Crippen LogP contribution in [-0.2, 0) is 16.4 Å². The molecule has 3 aromatic carbocycles. The molecule has 1 aliphatic carbocycles. The molecule has 0 unspecified atom stereocenters. The van der Waals surface area contributed by atoms with Gasteiger partial charge in [0.1, 0.15) is 0 Å². The summed E-state index contributed by atoms with van der Waals surface area (Å²) < 4.78 is 28.4. The third-order valence-corrected chi connectivity index (χ3v) is 7.11. The molecule has 1 fully saturated rings. The summed E-state index contributed by atoms with van der Waals surface area (Å²) in [5.41, 5.74) is 2.71. The molecular formula is C27H29N3O4S. The molecule has 3 aromatic rings. The lowest BCUT2D eigenvalue weighted by Crippen LogP contribution is -2.25. The van der Waals surface area contributed by atoms with E-state index in [4.69, 9.17) is 0 Å². The predicted octanol–water partition coefficient (Wildman–Crippen LogP) is 4.97. The lowest BCUT2D eigenvalue weighted by atomic mass is 10.1. The van der Waals surface area contributed by atoms with E-state index in [2.05, 4.69) is 22.3 Å². The number of hydrogen-bond acceptors (Lipinski definition) is 4. The first-order valence-electron chi connectivity index (χ1n) is 11.8. The highest BCUT2D eigenvalue weighted by molar-refractivity contribution is 7.92. The van der Waals surface area contributed by atoms with Crippen molar-refractivity contribution in [2.45, 2.75) is 50.0 Å². The van der Waals surface area contributed by atoms with Crippen molar-refractivity contribution in [2.75, 3.05) is 10.0 Å². The zero-order valence-corrected chi connectivity index (χ0v) is 20.4. The number of aryl methyl sites for hydroxylation is 1. The van der Waals surface area contributed by atoms with Crippen molar-refractivity contribution in [2.24, 2.45) is 0 Å². The van der Waals surface area contributed by atoms with Crippen LogP contribution in [0.1, 0.15) is 58.9 Å². The zero-order valence-electron chi connectivity index (χ0n) is 19.6. The van der Waals surface area contributed by atoms with Crippen LogP contribution in [0.25, 0.3) is 0 Å². The number of anilines is 2. The van der Waals surface area contributed by atoms with Gasteiger partial charge in [0.2, 0.25) is 0 Å². The highest BCUT2D eigenvalue weighted by atomic mass is 32.2. The fourth-order valence-electron chi connectivity index (χ4n) is 3.58. The summed E-state index contributed by atoms with van der Waals surface area (Å²) in [5.74, 6) is -0.650. The van der Waals surface area contributed by atoms with Crippen LogP contribution >= 0.6 is 0 Å². The molecule has 1 saturated carbocycles. The molecule has 0 saturated heterocycles. The molecule has 0 heterocycles. The minimum atomic E-state index is -3.88. The molecule has 1 aliphatic rings. The second-order valence-corrected chi connectivity index (χ2v) is 10.4. The van der Waals surface area contributed by atoms with E-state index in [0.29, 0.717) is 16.9 Å². The molecule has 2 amide bonds. The van der Waals surface area contributed by atoms with E-state index < -0.39 is 15.9 Å². The molecular weight excluding hydrogens is 462 g/mol. The number of sulfonamides is 1. The first-order chi connectivity index (χ1) is 16.8. The third kappa shape index (κ3) is 6.70. The van der Waals surface area contributed by atoms with Gasteiger partial charge in [0.25, 0.3) is 21.8 Å². The Kier molecular flexibility index (Phi) is 7.51. The molecule has 0 aromatic heterocycles. The van der Waals surface area contributed by atoms with Crippen LogP contribution in [0.15, 0.2) is 77.7 Å². The predicted molar refractivity (Wildman–Crippen MR) is 137 cm³/mol. The second-order valence-electron chi connectivity index (χ2n) is 8.72. The lowest BCUT2D eigenvalue weighted by molar-refractivity contribution is 0.0949. The number of carbonyl (C=O) groups is 2. The molecule has 0 spiro atoms. The number of unbranched alkanes of at least 4 members (excludes halogenated alkanes) is 1. The Morgan fingerprint density at radius 3 is 2.23 bits per heavy atom. The molecule has 35 heavy (non-hydrogen) atoms. The quantitative estimate of drug-likeness (QED) is 0.372. The summed E-state index contributed by atoms with van der Waals surface area (Å²) in [6.07, 6.45) is 5.10. The van der Waals surface area contributed by atoms with Gasteiger partial charge < -0.3 is 10.6 Å². The van der Waals surface area contributed by atoms with Gasteiger partial charge in [-0.05, 0) is 79.8 Å². The smallest absolute Gasteiger partial charge is 0.261 e. The summed E-state index contributed by atoms with van der Waals surface area (Å²) >= 11 is 0. The summed E-state index contributed by atoms with van der Waals surface area (Å²) in [6.45, 7) is 2.13. The number of nitrogens with one attached hydrogen (secondary N) is 3. The van der Waals surface area contributed by atoms with Crippen LogP contribution in [0.5, 0.6) is 0 Å². The van der Waals surface area contributed by atoms with Crippen LogP contribution in [-0.4, -0.2) is 26.3 Å². The van der Waals surface area contributed by atoms with E-state index in [1.807, 2.05) is 12.1 Å². The minimum absolute atomic E-state index is 0.0160. The van der Waals surface area contributed by atoms with Crippen LogP contribution in [0, 0.1) is 0 Å². The average molecular weight is 492 g/mol. The van der Waals surface area contributed by atoms with Gasteiger partial charge >= 0.3 is 0 Å². The molecule has 0 aliphatic heterocycles. The summed E-state index contributed by atoms with van der Waals surface area (Å²) in [4.78, 5) is 25.1. The van der Waals surface area contributed by atoms with E-state index in [-0.39, 0.29) is 22.4 Å². The average Bonchev–Trinajstić information content (AvgIpc) is 3.67. The van der Waals surface area contributed by atoms with Crippen molar-refractivity contribution in [1.29, 1.82) is 0 Å². The van der Waals surface area contributed by atoms with Gasteiger partial charge in [0.15, 0.2) is 0 Å². The summed E-state index contributed by atoms with van der Waals surface area (Å²) in [6, 6.07) is 20.0. The van der Waals surface area contributed by atoms with Gasteiger partial charge in [-0.1, -0.05) is 37.6 Å². The topological polar surface area (TPSA) is 104 Å². The van der Waals surface area contributed by atoms with Crippen LogP contribution in [0.4, 0.5) is 11.4 Å². The van der Waals surface area contributed by atoms with Crippen LogP contribution in [0.3, 0.4) is 0 Å². The van der Waals surface area contributed by atoms with E-state index in [0.717, 1.165) is 37.7 Å². The monoisotopic (exact) mass is 491 g/mol. The lowest BCUT2D eigenvalue weighted by Gasteiger charge is -2.11. The highest BCUT2D eigenvalue weighted by Crippen LogP contribution is 2.21. The molecule has 182 valence electrons. The van der Waals surface area contributed by atoms with Crippen molar-refractivity contribution >= 4 is 33.2 Å². The zero-order chi connectivity index (χ0) is 24.8. The van der Waals surface area contributed by atoms with Gasteiger partial charge in [-0.25, -0.2) is 8.42 Å². The fraction of sp³-hybridized carbons (Fsp3) is 0.259. The van der Waals surface area contributed by atoms with Gasteiger partial charge in [-0.2, -0.15) is 0 Å². The molecule has 7 nitrogen and oxygen atoms in total. The Balaban J connectivity index is 1.44. The van der Waals surface area contributed by atoms with Gasteiger partial charge in [-0.15, -0.1) is 0 Å². The summed E-state index contributed by atoms with van der Waals surface area (Å²) in [5, 5.41) is 5.65. The number of benzene rings is 3.